The maximum absolute atomic E-state index is 12.1. The summed E-state index contributed by atoms with van der Waals surface area (Å²) in [5.74, 6) is -1.34. The van der Waals surface area contributed by atoms with E-state index in [1.54, 1.807) is 23.3 Å². The Hall–Kier alpha value is -1.36. The van der Waals surface area contributed by atoms with E-state index in [2.05, 4.69) is 4.74 Å². The van der Waals surface area contributed by atoms with Crippen LogP contribution in [0.15, 0.2) is 11.4 Å². The van der Waals surface area contributed by atoms with E-state index >= 15 is 0 Å². The highest BCUT2D eigenvalue weighted by Gasteiger charge is 2.28. The van der Waals surface area contributed by atoms with Gasteiger partial charge in [0.25, 0.3) is 0 Å². The van der Waals surface area contributed by atoms with Crippen LogP contribution in [-0.2, 0) is 20.9 Å². The largest absolute Gasteiger partial charge is 0.468 e. The van der Waals surface area contributed by atoms with Gasteiger partial charge in [-0.2, -0.15) is 0 Å². The zero-order valence-electron chi connectivity index (χ0n) is 11.2. The Balaban J connectivity index is 2.71. The van der Waals surface area contributed by atoms with Crippen LogP contribution in [0.5, 0.6) is 0 Å². The minimum Gasteiger partial charge on any atom is -0.468 e. The van der Waals surface area contributed by atoms with Crippen LogP contribution in [0.25, 0.3) is 0 Å². The Morgan fingerprint density at radius 2 is 2.17 bits per heavy atom. The van der Waals surface area contributed by atoms with Crippen LogP contribution in [0, 0.1) is 12.8 Å². The molecule has 0 spiro atoms. The molecule has 0 N–H and O–H groups in total. The van der Waals surface area contributed by atoms with Crippen molar-refractivity contribution in [3.63, 3.8) is 0 Å². The third-order valence-electron chi connectivity index (χ3n) is 2.92. The van der Waals surface area contributed by atoms with Gasteiger partial charge in [0.15, 0.2) is 0 Å². The molecule has 0 aromatic carbocycles. The van der Waals surface area contributed by atoms with Crippen molar-refractivity contribution in [1.82, 2.24) is 4.90 Å². The quantitative estimate of drug-likeness (QED) is 0.608. The van der Waals surface area contributed by atoms with Crippen LogP contribution in [0.4, 0.5) is 0 Å². The van der Waals surface area contributed by atoms with Gasteiger partial charge in [-0.05, 0) is 30.4 Å². The summed E-state index contributed by atoms with van der Waals surface area (Å²) in [7, 11) is 3.02. The van der Waals surface area contributed by atoms with E-state index in [1.807, 2.05) is 25.3 Å². The average molecular weight is 269 g/mol. The van der Waals surface area contributed by atoms with Crippen molar-refractivity contribution in [2.45, 2.75) is 26.8 Å². The van der Waals surface area contributed by atoms with E-state index in [0.29, 0.717) is 13.0 Å². The number of aryl methyl sites for hydroxylation is 1. The van der Waals surface area contributed by atoms with E-state index in [4.69, 9.17) is 0 Å². The number of hydrogen-bond acceptors (Lipinski definition) is 4. The molecular formula is C13H19NO3S. The van der Waals surface area contributed by atoms with Crippen LogP contribution in [-0.4, -0.2) is 30.9 Å². The molecule has 1 amide bonds. The first-order valence-electron chi connectivity index (χ1n) is 5.87. The number of hydrogen-bond donors (Lipinski definition) is 0. The van der Waals surface area contributed by atoms with Crippen molar-refractivity contribution in [2.24, 2.45) is 5.92 Å². The van der Waals surface area contributed by atoms with Gasteiger partial charge in [0.05, 0.1) is 13.7 Å². The van der Waals surface area contributed by atoms with Crippen molar-refractivity contribution in [2.75, 3.05) is 14.2 Å². The zero-order valence-corrected chi connectivity index (χ0v) is 12.0. The van der Waals surface area contributed by atoms with E-state index in [0.717, 1.165) is 4.88 Å². The second-order valence-electron chi connectivity index (χ2n) is 4.21. The predicted molar refractivity (Wildman–Crippen MR) is 71.3 cm³/mol. The molecule has 4 nitrogen and oxygen atoms in total. The highest BCUT2D eigenvalue weighted by Crippen LogP contribution is 2.19. The summed E-state index contributed by atoms with van der Waals surface area (Å²) >= 11 is 1.62. The zero-order chi connectivity index (χ0) is 13.7. The maximum atomic E-state index is 12.1. The summed E-state index contributed by atoms with van der Waals surface area (Å²) < 4.78 is 4.65. The number of nitrogens with zero attached hydrogens (tertiary/aromatic N) is 1. The molecule has 0 fully saturated rings. The van der Waals surface area contributed by atoms with E-state index in [-0.39, 0.29) is 5.91 Å². The molecule has 1 heterocycles. The first kappa shape index (κ1) is 14.7. The fourth-order valence-corrected chi connectivity index (χ4v) is 2.67. The third kappa shape index (κ3) is 3.32. The minimum absolute atomic E-state index is 0.183. The molecule has 18 heavy (non-hydrogen) atoms. The molecule has 0 saturated heterocycles. The molecule has 0 saturated carbocycles. The maximum Gasteiger partial charge on any atom is 0.318 e. The predicted octanol–water partition coefficient (Wildman–Crippen LogP) is 2.21. The van der Waals surface area contributed by atoms with Gasteiger partial charge in [0, 0.05) is 11.9 Å². The van der Waals surface area contributed by atoms with E-state index < -0.39 is 11.9 Å². The van der Waals surface area contributed by atoms with Crippen LogP contribution >= 0.6 is 11.3 Å². The molecule has 100 valence electrons. The van der Waals surface area contributed by atoms with Crippen LogP contribution in [0.1, 0.15) is 23.8 Å². The highest BCUT2D eigenvalue weighted by atomic mass is 32.1. The molecule has 1 aromatic heterocycles. The molecule has 1 aromatic rings. The lowest BCUT2D eigenvalue weighted by molar-refractivity contribution is -0.153. The number of methoxy groups -OCH3 is 1. The Kier molecular flexibility index (Phi) is 5.34. The number of rotatable bonds is 5. The minimum atomic E-state index is -0.694. The monoisotopic (exact) mass is 269 g/mol. The Labute approximate surface area is 112 Å². The Morgan fingerprint density at radius 3 is 2.61 bits per heavy atom. The van der Waals surface area contributed by atoms with Crippen LogP contribution in [0.2, 0.25) is 0 Å². The topological polar surface area (TPSA) is 46.6 Å². The van der Waals surface area contributed by atoms with Crippen molar-refractivity contribution < 1.29 is 14.3 Å². The summed E-state index contributed by atoms with van der Waals surface area (Å²) in [6, 6.07) is 2.02. The van der Waals surface area contributed by atoms with Crippen molar-refractivity contribution in [1.29, 1.82) is 0 Å². The summed E-state index contributed by atoms with van der Waals surface area (Å²) in [6.45, 7) is 4.36. The van der Waals surface area contributed by atoms with Crippen LogP contribution in [0.3, 0.4) is 0 Å². The van der Waals surface area contributed by atoms with E-state index in [1.165, 1.54) is 12.7 Å². The normalized spacial score (nSPS) is 12.0. The summed E-state index contributed by atoms with van der Waals surface area (Å²) in [5, 5.41) is 2.00. The van der Waals surface area contributed by atoms with Gasteiger partial charge in [-0.1, -0.05) is 6.92 Å². The van der Waals surface area contributed by atoms with Gasteiger partial charge < -0.3 is 9.64 Å². The summed E-state index contributed by atoms with van der Waals surface area (Å²) in [4.78, 5) is 26.4. The average Bonchev–Trinajstić information content (AvgIpc) is 2.75. The van der Waals surface area contributed by atoms with Gasteiger partial charge in [0.2, 0.25) is 5.91 Å². The molecule has 0 aliphatic carbocycles. The fourth-order valence-electron chi connectivity index (χ4n) is 1.71. The Bertz CT molecular complexity index is 428. The molecule has 0 aliphatic rings. The van der Waals surface area contributed by atoms with Gasteiger partial charge in [0.1, 0.15) is 5.92 Å². The lowest BCUT2D eigenvalue weighted by atomic mass is 10.1. The summed E-state index contributed by atoms with van der Waals surface area (Å²) in [5.41, 5.74) is 1.17. The Morgan fingerprint density at radius 1 is 1.50 bits per heavy atom. The van der Waals surface area contributed by atoms with Crippen molar-refractivity contribution in [3.8, 4) is 0 Å². The molecular weight excluding hydrogens is 250 g/mol. The molecule has 1 rings (SSSR count). The second-order valence-corrected chi connectivity index (χ2v) is 5.21. The van der Waals surface area contributed by atoms with Crippen molar-refractivity contribution in [3.05, 3.63) is 21.9 Å². The molecule has 0 radical (unpaired) electrons. The number of thiophene rings is 1. The van der Waals surface area contributed by atoms with Gasteiger partial charge in [-0.15, -0.1) is 11.3 Å². The van der Waals surface area contributed by atoms with Gasteiger partial charge in [-0.3, -0.25) is 9.59 Å². The van der Waals surface area contributed by atoms with Gasteiger partial charge in [-0.25, -0.2) is 0 Å². The molecule has 1 atom stereocenters. The van der Waals surface area contributed by atoms with Crippen molar-refractivity contribution >= 4 is 23.2 Å². The lowest BCUT2D eigenvalue weighted by Gasteiger charge is -2.21. The number of amides is 1. The van der Waals surface area contributed by atoms with Gasteiger partial charge >= 0.3 is 5.97 Å². The smallest absolute Gasteiger partial charge is 0.318 e. The molecule has 5 heteroatoms. The lowest BCUT2D eigenvalue weighted by Crippen LogP contribution is -2.36. The first-order chi connectivity index (χ1) is 8.51. The summed E-state index contributed by atoms with van der Waals surface area (Å²) in [6.07, 6.45) is 0.458. The molecule has 0 aliphatic heterocycles. The van der Waals surface area contributed by atoms with E-state index in [9.17, 15) is 9.59 Å². The standard InChI is InChI=1S/C13H19NO3S/c1-5-10(13(16)17-4)12(15)14(3)8-11-9(2)6-7-18-11/h6-7,10H,5,8H2,1-4H3. The second kappa shape index (κ2) is 6.54. The molecule has 1 unspecified atom stereocenters. The highest BCUT2D eigenvalue weighted by molar-refractivity contribution is 7.10. The SMILES string of the molecule is CCC(C(=O)OC)C(=O)N(C)Cc1sccc1C. The van der Waals surface area contributed by atoms with Crippen LogP contribution < -0.4 is 0 Å². The number of carbonyl (C=O) groups is 2. The third-order valence-corrected chi connectivity index (χ3v) is 3.92. The number of carbonyl (C=O) groups excluding carboxylic acids is 2. The number of ether oxygens (including phenoxy) is 1. The first-order valence-corrected chi connectivity index (χ1v) is 6.75. The number of esters is 1. The fraction of sp³-hybridized carbons (Fsp3) is 0.538. The molecule has 0 bridgehead atoms.